The van der Waals surface area contributed by atoms with Gasteiger partial charge in [0.25, 0.3) is 0 Å². The zero-order valence-electron chi connectivity index (χ0n) is 10.1. The van der Waals surface area contributed by atoms with Gasteiger partial charge in [0, 0.05) is 6.42 Å². The van der Waals surface area contributed by atoms with Gasteiger partial charge in [-0.2, -0.15) is 0 Å². The molecule has 0 spiro atoms. The molecule has 0 radical (unpaired) electrons. The molecule has 0 aliphatic carbocycles. The molecule has 1 aliphatic heterocycles. The molecule has 18 heavy (non-hydrogen) atoms. The van der Waals surface area contributed by atoms with Crippen molar-refractivity contribution >= 4 is 17.8 Å². The highest BCUT2D eigenvalue weighted by Crippen LogP contribution is 2.08. The van der Waals surface area contributed by atoms with Gasteiger partial charge in [-0.25, -0.2) is 4.79 Å². The number of rotatable bonds is 6. The predicted octanol–water partition coefficient (Wildman–Crippen LogP) is -1.04. The third-order valence-electron chi connectivity index (χ3n) is 2.92. The first kappa shape index (κ1) is 14.4. The van der Waals surface area contributed by atoms with E-state index in [1.165, 1.54) is 0 Å². The van der Waals surface area contributed by atoms with Gasteiger partial charge in [0.15, 0.2) is 0 Å². The molecule has 5 N–H and O–H groups in total. The summed E-state index contributed by atoms with van der Waals surface area (Å²) in [7, 11) is 0. The molecule has 0 saturated carbocycles. The van der Waals surface area contributed by atoms with Gasteiger partial charge in [-0.05, 0) is 25.8 Å². The van der Waals surface area contributed by atoms with Crippen LogP contribution in [-0.2, 0) is 14.4 Å². The van der Waals surface area contributed by atoms with Gasteiger partial charge in [-0.15, -0.1) is 0 Å². The molecule has 102 valence electrons. The summed E-state index contributed by atoms with van der Waals surface area (Å²) in [6.07, 6.45) is 2.63. The fourth-order valence-corrected chi connectivity index (χ4v) is 1.89. The number of hydrogen-bond acceptors (Lipinski definition) is 4. The lowest BCUT2D eigenvalue weighted by molar-refractivity contribution is -0.142. The first-order chi connectivity index (χ1) is 8.50. The standard InChI is InChI=1S/C11H19N3O4/c12-9(15)5-4-8(11(17)18)14-10(16)7-3-1-2-6-13-7/h7-8,13H,1-6H2,(H2,12,15)(H,14,16)(H,17,18)/t7-,8?/m1/s1. The Morgan fingerprint density at radius 3 is 2.61 bits per heavy atom. The maximum Gasteiger partial charge on any atom is 0.326 e. The predicted molar refractivity (Wildman–Crippen MR) is 63.6 cm³/mol. The van der Waals surface area contributed by atoms with E-state index in [2.05, 4.69) is 10.6 Å². The van der Waals surface area contributed by atoms with E-state index in [-0.39, 0.29) is 24.8 Å². The van der Waals surface area contributed by atoms with Crippen molar-refractivity contribution in [2.24, 2.45) is 5.73 Å². The zero-order chi connectivity index (χ0) is 13.5. The van der Waals surface area contributed by atoms with Gasteiger partial charge >= 0.3 is 5.97 Å². The van der Waals surface area contributed by atoms with Gasteiger partial charge in [-0.1, -0.05) is 6.42 Å². The summed E-state index contributed by atoms with van der Waals surface area (Å²) >= 11 is 0. The molecule has 1 rings (SSSR count). The van der Waals surface area contributed by atoms with E-state index < -0.39 is 17.9 Å². The second kappa shape index (κ2) is 6.95. The highest BCUT2D eigenvalue weighted by atomic mass is 16.4. The smallest absolute Gasteiger partial charge is 0.326 e. The topological polar surface area (TPSA) is 122 Å². The number of amides is 2. The van der Waals surface area contributed by atoms with Crippen molar-refractivity contribution in [3.8, 4) is 0 Å². The number of nitrogens with one attached hydrogen (secondary N) is 2. The van der Waals surface area contributed by atoms with Crippen molar-refractivity contribution in [3.63, 3.8) is 0 Å². The van der Waals surface area contributed by atoms with Crippen LogP contribution in [-0.4, -0.2) is 41.5 Å². The average molecular weight is 257 g/mol. The lowest BCUT2D eigenvalue weighted by Gasteiger charge is -2.24. The van der Waals surface area contributed by atoms with Gasteiger partial charge in [-0.3, -0.25) is 9.59 Å². The second-order valence-electron chi connectivity index (χ2n) is 4.41. The number of primary amides is 1. The van der Waals surface area contributed by atoms with Crippen molar-refractivity contribution < 1.29 is 19.5 Å². The molecule has 1 saturated heterocycles. The number of piperidine rings is 1. The molecule has 1 heterocycles. The summed E-state index contributed by atoms with van der Waals surface area (Å²) in [5.74, 6) is -2.06. The summed E-state index contributed by atoms with van der Waals surface area (Å²) < 4.78 is 0. The van der Waals surface area contributed by atoms with Gasteiger partial charge in [0.2, 0.25) is 11.8 Å². The van der Waals surface area contributed by atoms with Crippen molar-refractivity contribution in [2.45, 2.75) is 44.2 Å². The molecular formula is C11H19N3O4. The maximum absolute atomic E-state index is 11.8. The fourth-order valence-electron chi connectivity index (χ4n) is 1.89. The third-order valence-corrected chi connectivity index (χ3v) is 2.92. The minimum absolute atomic E-state index is 0.0170. The van der Waals surface area contributed by atoms with Crippen LogP contribution in [0.3, 0.4) is 0 Å². The molecule has 2 amide bonds. The zero-order valence-corrected chi connectivity index (χ0v) is 10.1. The molecule has 1 aliphatic rings. The third kappa shape index (κ3) is 4.70. The molecule has 7 nitrogen and oxygen atoms in total. The van der Waals surface area contributed by atoms with Crippen molar-refractivity contribution in [1.29, 1.82) is 0 Å². The number of hydrogen-bond donors (Lipinski definition) is 4. The van der Waals surface area contributed by atoms with Crippen molar-refractivity contribution in [1.82, 2.24) is 10.6 Å². The summed E-state index contributed by atoms with van der Waals surface area (Å²) in [5.41, 5.74) is 4.96. The molecule has 0 aromatic rings. The summed E-state index contributed by atoms with van der Waals surface area (Å²) in [5, 5.41) is 14.4. The van der Waals surface area contributed by atoms with Crippen LogP contribution < -0.4 is 16.4 Å². The molecule has 0 aromatic carbocycles. The normalized spacial score (nSPS) is 21.0. The molecule has 1 fully saturated rings. The van der Waals surface area contributed by atoms with Gasteiger partial charge in [0.1, 0.15) is 6.04 Å². The highest BCUT2D eigenvalue weighted by molar-refractivity contribution is 5.87. The van der Waals surface area contributed by atoms with Crippen LogP contribution >= 0.6 is 0 Å². The Balaban J connectivity index is 2.46. The Hall–Kier alpha value is -1.63. The minimum atomic E-state index is -1.15. The lowest BCUT2D eigenvalue weighted by Crippen LogP contribution is -2.51. The van der Waals surface area contributed by atoms with Crippen molar-refractivity contribution in [3.05, 3.63) is 0 Å². The SMILES string of the molecule is NC(=O)CCC(NC(=O)[C@H]1CCCCN1)C(=O)O. The van der Waals surface area contributed by atoms with Crippen LogP contribution in [0.4, 0.5) is 0 Å². The highest BCUT2D eigenvalue weighted by Gasteiger charge is 2.26. The Labute approximate surface area is 105 Å². The van der Waals surface area contributed by atoms with Crippen LogP contribution in [0, 0.1) is 0 Å². The quantitative estimate of drug-likeness (QED) is 0.484. The minimum Gasteiger partial charge on any atom is -0.480 e. The van der Waals surface area contributed by atoms with E-state index in [1.54, 1.807) is 0 Å². The van der Waals surface area contributed by atoms with E-state index in [0.717, 1.165) is 19.4 Å². The number of carboxylic acid groups (broad SMARTS) is 1. The summed E-state index contributed by atoms with van der Waals surface area (Å²) in [6, 6.07) is -1.40. The Kier molecular flexibility index (Phi) is 5.57. The molecule has 0 bridgehead atoms. The van der Waals surface area contributed by atoms with E-state index in [9.17, 15) is 14.4 Å². The fraction of sp³-hybridized carbons (Fsp3) is 0.727. The summed E-state index contributed by atoms with van der Waals surface area (Å²) in [6.45, 7) is 0.761. The maximum atomic E-state index is 11.8. The van der Waals surface area contributed by atoms with E-state index in [1.807, 2.05) is 0 Å². The number of carboxylic acids is 1. The molecule has 7 heteroatoms. The molecule has 1 unspecified atom stereocenters. The van der Waals surface area contributed by atoms with Crippen molar-refractivity contribution in [2.75, 3.05) is 6.54 Å². The number of carbonyl (C=O) groups is 3. The number of nitrogens with two attached hydrogens (primary N) is 1. The summed E-state index contributed by atoms with van der Waals surface area (Å²) in [4.78, 5) is 33.4. The first-order valence-corrected chi connectivity index (χ1v) is 6.05. The monoisotopic (exact) mass is 257 g/mol. The average Bonchev–Trinajstić information content (AvgIpc) is 2.34. The molecule has 2 atom stereocenters. The number of aliphatic carboxylic acids is 1. The van der Waals surface area contributed by atoms with Crippen LogP contribution in [0.1, 0.15) is 32.1 Å². The Morgan fingerprint density at radius 2 is 2.11 bits per heavy atom. The van der Waals surface area contributed by atoms with E-state index in [0.29, 0.717) is 6.42 Å². The number of carbonyl (C=O) groups excluding carboxylic acids is 2. The first-order valence-electron chi connectivity index (χ1n) is 6.05. The Bertz CT molecular complexity index is 326. The Morgan fingerprint density at radius 1 is 1.39 bits per heavy atom. The molecular weight excluding hydrogens is 238 g/mol. The lowest BCUT2D eigenvalue weighted by atomic mass is 10.0. The van der Waals surface area contributed by atoms with Crippen LogP contribution in [0.2, 0.25) is 0 Å². The van der Waals surface area contributed by atoms with Crippen LogP contribution in [0.5, 0.6) is 0 Å². The largest absolute Gasteiger partial charge is 0.480 e. The molecule has 0 aromatic heterocycles. The van der Waals surface area contributed by atoms with Crippen LogP contribution in [0.15, 0.2) is 0 Å². The van der Waals surface area contributed by atoms with Crippen LogP contribution in [0.25, 0.3) is 0 Å². The van der Waals surface area contributed by atoms with E-state index in [4.69, 9.17) is 10.8 Å². The van der Waals surface area contributed by atoms with Gasteiger partial charge < -0.3 is 21.5 Å². The second-order valence-corrected chi connectivity index (χ2v) is 4.41. The van der Waals surface area contributed by atoms with E-state index >= 15 is 0 Å². The van der Waals surface area contributed by atoms with Gasteiger partial charge in [0.05, 0.1) is 6.04 Å².